The molecular formula is C18H17F4N5. The fourth-order valence-corrected chi connectivity index (χ4v) is 3.28. The molecule has 5 nitrogen and oxygen atoms in total. The van der Waals surface area contributed by atoms with Crippen LogP contribution in [-0.2, 0) is 6.18 Å². The van der Waals surface area contributed by atoms with Crippen LogP contribution in [0.2, 0.25) is 0 Å². The molecule has 0 atom stereocenters. The summed E-state index contributed by atoms with van der Waals surface area (Å²) in [5, 5.41) is 0. The molecule has 0 spiro atoms. The summed E-state index contributed by atoms with van der Waals surface area (Å²) in [6.45, 7) is 4.77. The third-order valence-electron chi connectivity index (χ3n) is 4.77. The van der Waals surface area contributed by atoms with Gasteiger partial charge in [-0.2, -0.15) is 13.2 Å². The van der Waals surface area contributed by atoms with Crippen LogP contribution in [0.15, 0.2) is 39.7 Å². The van der Waals surface area contributed by atoms with Gasteiger partial charge in [0.1, 0.15) is 5.69 Å². The van der Waals surface area contributed by atoms with Crippen LogP contribution in [0.3, 0.4) is 0 Å². The van der Waals surface area contributed by atoms with E-state index >= 15 is 0 Å². The van der Waals surface area contributed by atoms with Gasteiger partial charge in [-0.05, 0) is 26.1 Å². The Hall–Kier alpha value is -2.64. The number of alkyl halides is 3. The van der Waals surface area contributed by atoms with Gasteiger partial charge in [-0.25, -0.2) is 14.4 Å². The molecule has 9 heteroatoms. The number of anilines is 1. The van der Waals surface area contributed by atoms with Gasteiger partial charge in [-0.15, -0.1) is 0 Å². The second-order valence-corrected chi connectivity index (χ2v) is 6.68. The fourth-order valence-electron chi connectivity index (χ4n) is 3.28. The summed E-state index contributed by atoms with van der Waals surface area (Å²) in [6.07, 6.45) is -3.37. The number of nitrogens with zero attached hydrogens (tertiary/aromatic N) is 5. The first-order valence-electron chi connectivity index (χ1n) is 8.49. The van der Waals surface area contributed by atoms with E-state index in [1.54, 1.807) is 6.92 Å². The molecule has 27 heavy (non-hydrogen) atoms. The molecule has 1 fully saturated rings. The van der Waals surface area contributed by atoms with Crippen molar-refractivity contribution in [2.45, 2.75) is 13.1 Å². The topological polar surface area (TPSA) is 34.4 Å². The molecular weight excluding hydrogens is 362 g/mol. The molecule has 142 valence electrons. The van der Waals surface area contributed by atoms with Crippen molar-refractivity contribution < 1.29 is 17.6 Å². The number of hydrogen-bond donors (Lipinski definition) is 0. The summed E-state index contributed by atoms with van der Waals surface area (Å²) in [5.41, 5.74) is 1.97. The minimum Gasteiger partial charge on any atom is -0.351 e. The van der Waals surface area contributed by atoms with Gasteiger partial charge in [-0.1, -0.05) is 5.73 Å². The molecule has 3 aliphatic rings. The van der Waals surface area contributed by atoms with E-state index in [1.165, 1.54) is 17.2 Å². The smallest absolute Gasteiger partial charge is 0.351 e. The molecule has 4 rings (SSSR count). The Balaban J connectivity index is 1.87. The third-order valence-corrected chi connectivity index (χ3v) is 4.77. The van der Waals surface area contributed by atoms with Crippen LogP contribution in [0.5, 0.6) is 0 Å². The Kier molecular flexibility index (Phi) is 4.09. The number of halogens is 4. The number of fused-ring (bicyclic) bond motifs is 3. The standard InChI is InChI=1S/C18H17F4N5/c1-11-5-6-27-15-13(4-3-12(14(15)19)18(20,21)22)24-16(17(27)23-11)26-9-7-25(2)8-10-26/h3-4,6H,7-10H2,1-2H3. The quantitative estimate of drug-likeness (QED) is 0.512. The van der Waals surface area contributed by atoms with Crippen LogP contribution in [0.4, 0.5) is 28.9 Å². The molecule has 1 aromatic carbocycles. The number of amidine groups is 2. The average Bonchev–Trinajstić information content (AvgIpc) is 2.60. The van der Waals surface area contributed by atoms with Crippen molar-refractivity contribution in [2.24, 2.45) is 9.98 Å². The van der Waals surface area contributed by atoms with Crippen molar-refractivity contribution >= 4 is 23.0 Å². The fraction of sp³-hybridized carbons (Fsp3) is 0.389. The van der Waals surface area contributed by atoms with Crippen molar-refractivity contribution in [1.82, 2.24) is 9.80 Å². The van der Waals surface area contributed by atoms with E-state index < -0.39 is 17.6 Å². The lowest BCUT2D eigenvalue weighted by atomic mass is 10.1. The van der Waals surface area contributed by atoms with Gasteiger partial charge in [0.15, 0.2) is 17.5 Å². The molecule has 0 unspecified atom stereocenters. The zero-order chi connectivity index (χ0) is 19.3. The van der Waals surface area contributed by atoms with E-state index in [-0.39, 0.29) is 11.4 Å². The number of likely N-dealkylation sites (N-methyl/N-ethyl adjacent to an activating group) is 1. The zero-order valence-corrected chi connectivity index (χ0v) is 14.8. The van der Waals surface area contributed by atoms with Gasteiger partial charge in [0.05, 0.1) is 23.1 Å². The summed E-state index contributed by atoms with van der Waals surface area (Å²) in [4.78, 5) is 14.4. The van der Waals surface area contributed by atoms with E-state index in [1.807, 2.05) is 11.9 Å². The Morgan fingerprint density at radius 1 is 1.04 bits per heavy atom. The maximum atomic E-state index is 14.8. The van der Waals surface area contributed by atoms with Crippen LogP contribution in [0.25, 0.3) is 0 Å². The Morgan fingerprint density at radius 2 is 1.74 bits per heavy atom. The predicted octanol–water partition coefficient (Wildman–Crippen LogP) is 3.37. The van der Waals surface area contributed by atoms with E-state index in [2.05, 4.69) is 20.6 Å². The first-order valence-corrected chi connectivity index (χ1v) is 8.49. The monoisotopic (exact) mass is 379 g/mol. The molecule has 0 saturated carbocycles. The van der Waals surface area contributed by atoms with Gasteiger partial charge < -0.3 is 9.80 Å². The Labute approximate surface area is 153 Å². The Morgan fingerprint density at radius 3 is 2.41 bits per heavy atom. The average molecular weight is 379 g/mol. The van der Waals surface area contributed by atoms with Crippen LogP contribution >= 0.6 is 0 Å². The molecule has 0 radical (unpaired) electrons. The first kappa shape index (κ1) is 17.8. The molecule has 0 N–H and O–H groups in total. The maximum Gasteiger partial charge on any atom is 0.419 e. The number of hydrogen-bond acceptors (Lipinski definition) is 5. The molecule has 3 heterocycles. The second-order valence-electron chi connectivity index (χ2n) is 6.68. The van der Waals surface area contributed by atoms with Gasteiger partial charge in [0, 0.05) is 26.2 Å². The van der Waals surface area contributed by atoms with Crippen molar-refractivity contribution in [3.05, 3.63) is 41.1 Å². The first-order chi connectivity index (χ1) is 12.8. The zero-order valence-electron chi connectivity index (χ0n) is 14.8. The number of aliphatic imine (C=N–C) groups is 2. The molecule has 1 saturated heterocycles. The molecule has 0 aliphatic carbocycles. The van der Waals surface area contributed by atoms with Crippen molar-refractivity contribution in [3.8, 4) is 0 Å². The van der Waals surface area contributed by atoms with Crippen molar-refractivity contribution in [2.75, 3.05) is 38.1 Å². The van der Waals surface area contributed by atoms with Crippen LogP contribution < -0.4 is 4.90 Å². The SMILES string of the molecule is CC1=C=CN2C(=N1)C(N1CCN(C)CC1)=Nc1ccc(C(F)(F)F)c(F)c12. The molecule has 0 amide bonds. The van der Waals surface area contributed by atoms with E-state index in [9.17, 15) is 17.6 Å². The molecule has 1 aromatic rings. The maximum absolute atomic E-state index is 14.8. The highest BCUT2D eigenvalue weighted by molar-refractivity contribution is 6.48. The summed E-state index contributed by atoms with van der Waals surface area (Å²) in [6, 6.07) is 1.93. The minimum atomic E-state index is -4.79. The number of piperazine rings is 1. The number of benzene rings is 1. The number of allylic oxidation sites excluding steroid dienone is 1. The van der Waals surface area contributed by atoms with E-state index in [0.29, 0.717) is 30.5 Å². The largest absolute Gasteiger partial charge is 0.419 e. The number of rotatable bonds is 0. The van der Waals surface area contributed by atoms with Crippen LogP contribution in [0, 0.1) is 5.82 Å². The van der Waals surface area contributed by atoms with Crippen molar-refractivity contribution in [1.29, 1.82) is 0 Å². The second kappa shape index (κ2) is 6.21. The Bertz CT molecular complexity index is 916. The molecule has 3 aliphatic heterocycles. The lowest BCUT2D eigenvalue weighted by Crippen LogP contribution is -2.53. The normalized spacial score (nSPS) is 20.0. The van der Waals surface area contributed by atoms with Crippen LogP contribution in [-0.4, -0.2) is 54.7 Å². The van der Waals surface area contributed by atoms with E-state index in [0.717, 1.165) is 19.2 Å². The highest BCUT2D eigenvalue weighted by Crippen LogP contribution is 2.43. The highest BCUT2D eigenvalue weighted by atomic mass is 19.4. The third kappa shape index (κ3) is 3.02. The minimum absolute atomic E-state index is 0.144. The lowest BCUT2D eigenvalue weighted by Gasteiger charge is -2.39. The summed E-state index contributed by atoms with van der Waals surface area (Å²) < 4.78 is 54.2. The van der Waals surface area contributed by atoms with Gasteiger partial charge >= 0.3 is 6.18 Å². The molecule has 0 aromatic heterocycles. The summed E-state index contributed by atoms with van der Waals surface area (Å²) in [5.74, 6) is -0.500. The van der Waals surface area contributed by atoms with Crippen molar-refractivity contribution in [3.63, 3.8) is 0 Å². The van der Waals surface area contributed by atoms with Crippen LogP contribution in [0.1, 0.15) is 12.5 Å². The highest BCUT2D eigenvalue weighted by Gasteiger charge is 2.40. The van der Waals surface area contributed by atoms with E-state index in [4.69, 9.17) is 0 Å². The summed E-state index contributed by atoms with van der Waals surface area (Å²) in [7, 11) is 2.02. The van der Waals surface area contributed by atoms with Gasteiger partial charge in [0.25, 0.3) is 0 Å². The van der Waals surface area contributed by atoms with Gasteiger partial charge in [0.2, 0.25) is 0 Å². The molecule has 0 bridgehead atoms. The van der Waals surface area contributed by atoms with Gasteiger partial charge in [-0.3, -0.25) is 4.90 Å². The summed E-state index contributed by atoms with van der Waals surface area (Å²) >= 11 is 0. The predicted molar refractivity (Wildman–Crippen MR) is 94.8 cm³/mol. The lowest BCUT2D eigenvalue weighted by molar-refractivity contribution is -0.139.